The summed E-state index contributed by atoms with van der Waals surface area (Å²) in [5.41, 5.74) is -1.36. The van der Waals surface area contributed by atoms with Crippen molar-refractivity contribution in [3.63, 3.8) is 0 Å². The minimum atomic E-state index is -1.36. The molecule has 0 spiro atoms. The number of nitrogens with one attached hydrogen (secondary N) is 1. The molecular weight excluding hydrogens is 144 g/mol. The Labute approximate surface area is 56.5 Å². The Morgan fingerprint density at radius 3 is 2.44 bits per heavy atom. The number of carboxylic acid groups (broad SMARTS) is 1. The summed E-state index contributed by atoms with van der Waals surface area (Å²) < 4.78 is 0. The van der Waals surface area contributed by atoms with Gasteiger partial charge in [0.1, 0.15) is 0 Å². The van der Waals surface area contributed by atoms with E-state index in [0.29, 0.717) is 0 Å². The highest BCUT2D eigenvalue weighted by Gasteiger charge is 1.71. The van der Waals surface area contributed by atoms with Crippen LogP contribution in [0.2, 0.25) is 0 Å². The molecule has 1 rings (SSSR count). The third kappa shape index (κ3) is 10.9. The van der Waals surface area contributed by atoms with E-state index in [0.717, 1.165) is 0 Å². The maximum absolute atomic E-state index is 8.77. The lowest BCUT2D eigenvalue weighted by Gasteiger charge is -1.55. The van der Waals surface area contributed by atoms with Crippen LogP contribution in [0.15, 0.2) is 18.5 Å². The summed E-state index contributed by atoms with van der Waals surface area (Å²) in [5.74, 6) is 0. The first kappa shape index (κ1) is 7.97. The van der Waals surface area contributed by atoms with Crippen LogP contribution in [0.4, 0.5) is 4.79 Å². The first-order valence-corrected chi connectivity index (χ1v) is 2.43. The molecule has 9 heavy (non-hydrogen) atoms. The largest absolute Gasteiger partial charge is 0.469 e. The molecule has 0 amide bonds. The zero-order chi connectivity index (χ0) is 7.11. The average Bonchev–Trinajstić information content (AvgIpc) is 2.11. The Hall–Kier alpha value is -1.03. The smallest absolute Gasteiger partial charge is 0.401 e. The zero-order valence-corrected chi connectivity index (χ0v) is 5.17. The predicted octanol–water partition coefficient (Wildman–Crippen LogP) is 1.31. The van der Waals surface area contributed by atoms with Gasteiger partial charge in [-0.15, -0.1) is 0 Å². The van der Waals surface area contributed by atoms with Crippen molar-refractivity contribution < 1.29 is 9.90 Å². The lowest BCUT2D eigenvalue weighted by molar-refractivity contribution is 0.220. The van der Waals surface area contributed by atoms with Crippen molar-refractivity contribution >= 4 is 17.0 Å². The van der Waals surface area contributed by atoms with Crippen molar-refractivity contribution in [2.45, 2.75) is 0 Å². The van der Waals surface area contributed by atoms with Crippen LogP contribution in [0.1, 0.15) is 0 Å². The molecule has 2 N–H and O–H groups in total. The normalized spacial score (nSPS) is 7.22. The molecule has 0 aromatic carbocycles. The van der Waals surface area contributed by atoms with Gasteiger partial charge in [-0.05, 0) is 6.07 Å². The highest BCUT2D eigenvalue weighted by atomic mass is 35.5. The fourth-order valence-electron chi connectivity index (χ4n) is 0.215. The van der Waals surface area contributed by atoms with Gasteiger partial charge in [-0.2, -0.15) is 5.10 Å². The fraction of sp³-hybridized carbons (Fsp3) is 0. The fourth-order valence-corrected chi connectivity index (χ4v) is 0.215. The van der Waals surface area contributed by atoms with Crippen LogP contribution in [-0.4, -0.2) is 20.7 Å². The Balaban J connectivity index is 0.000000148. The number of carbonyl (C=O) groups is 1. The van der Waals surface area contributed by atoms with Crippen LogP contribution in [0.3, 0.4) is 0 Å². The van der Waals surface area contributed by atoms with E-state index in [-0.39, 0.29) is 0 Å². The topological polar surface area (TPSA) is 66.0 Å². The number of nitrogens with zero attached hydrogens (tertiary/aromatic N) is 1. The second-order valence-electron chi connectivity index (χ2n) is 1.02. The highest BCUT2D eigenvalue weighted by Crippen LogP contribution is 1.67. The van der Waals surface area contributed by atoms with Crippen LogP contribution in [0.25, 0.3) is 0 Å². The zero-order valence-electron chi connectivity index (χ0n) is 4.41. The molecule has 0 atom stereocenters. The van der Waals surface area contributed by atoms with Gasteiger partial charge in [-0.25, -0.2) is 4.79 Å². The van der Waals surface area contributed by atoms with Crippen molar-refractivity contribution in [3.8, 4) is 0 Å². The maximum Gasteiger partial charge on any atom is 0.401 e. The third-order valence-electron chi connectivity index (χ3n) is 0.406. The number of hydrogen-bond donors (Lipinski definition) is 2. The monoisotopic (exact) mass is 148 g/mol. The Morgan fingerprint density at radius 1 is 1.78 bits per heavy atom. The van der Waals surface area contributed by atoms with Crippen molar-refractivity contribution in [1.82, 2.24) is 10.2 Å². The third-order valence-corrected chi connectivity index (χ3v) is 0.406. The SMILES string of the molecule is O=C(O)Cl.c1cn[nH]c1. The molecule has 0 aliphatic heterocycles. The summed E-state index contributed by atoms with van der Waals surface area (Å²) >= 11 is 4.19. The molecule has 50 valence electrons. The molecular formula is C4H5ClN2O2. The van der Waals surface area contributed by atoms with Crippen LogP contribution in [0.5, 0.6) is 0 Å². The van der Waals surface area contributed by atoms with Crippen LogP contribution in [-0.2, 0) is 0 Å². The van der Waals surface area contributed by atoms with Gasteiger partial charge in [0.25, 0.3) is 0 Å². The quantitative estimate of drug-likeness (QED) is 0.546. The number of aromatic amines is 1. The lowest BCUT2D eigenvalue weighted by atomic mass is 10.8. The van der Waals surface area contributed by atoms with E-state index in [4.69, 9.17) is 9.90 Å². The molecule has 0 bridgehead atoms. The molecule has 5 heteroatoms. The number of rotatable bonds is 0. The van der Waals surface area contributed by atoms with E-state index in [2.05, 4.69) is 21.8 Å². The van der Waals surface area contributed by atoms with Crippen molar-refractivity contribution in [2.24, 2.45) is 0 Å². The predicted molar refractivity (Wildman–Crippen MR) is 32.5 cm³/mol. The summed E-state index contributed by atoms with van der Waals surface area (Å²) in [4.78, 5) is 8.77. The van der Waals surface area contributed by atoms with Crippen molar-refractivity contribution in [2.75, 3.05) is 0 Å². The Bertz CT molecular complexity index is 130. The van der Waals surface area contributed by atoms with Crippen LogP contribution in [0, 0.1) is 0 Å². The van der Waals surface area contributed by atoms with E-state index in [9.17, 15) is 0 Å². The molecule has 1 heterocycles. The number of aromatic nitrogens is 2. The van der Waals surface area contributed by atoms with Gasteiger partial charge >= 0.3 is 5.43 Å². The first-order valence-electron chi connectivity index (χ1n) is 2.05. The van der Waals surface area contributed by atoms with Crippen molar-refractivity contribution in [3.05, 3.63) is 18.5 Å². The number of halogens is 1. The minimum Gasteiger partial charge on any atom is -0.469 e. The van der Waals surface area contributed by atoms with Crippen LogP contribution < -0.4 is 0 Å². The summed E-state index contributed by atoms with van der Waals surface area (Å²) in [6, 6.07) is 1.83. The van der Waals surface area contributed by atoms with Crippen molar-refractivity contribution in [1.29, 1.82) is 0 Å². The molecule has 0 unspecified atom stereocenters. The van der Waals surface area contributed by atoms with Gasteiger partial charge in [0, 0.05) is 24.0 Å². The van der Waals surface area contributed by atoms with E-state index in [1.807, 2.05) is 6.07 Å². The summed E-state index contributed by atoms with van der Waals surface area (Å²) in [5, 5.41) is 13.4. The van der Waals surface area contributed by atoms with E-state index in [1.165, 1.54) is 0 Å². The highest BCUT2D eigenvalue weighted by molar-refractivity contribution is 6.60. The molecule has 0 fully saturated rings. The molecule has 1 aromatic heterocycles. The lowest BCUT2D eigenvalue weighted by Crippen LogP contribution is -1.66. The first-order chi connectivity index (χ1) is 4.23. The van der Waals surface area contributed by atoms with Gasteiger partial charge in [-0.1, -0.05) is 0 Å². The Kier molecular flexibility index (Phi) is 4.53. The molecule has 0 saturated carbocycles. The molecule has 0 saturated heterocycles. The number of hydrogen-bond acceptors (Lipinski definition) is 2. The van der Waals surface area contributed by atoms with E-state index in [1.54, 1.807) is 12.4 Å². The Morgan fingerprint density at radius 2 is 2.33 bits per heavy atom. The molecule has 1 aromatic rings. The average molecular weight is 149 g/mol. The van der Waals surface area contributed by atoms with Gasteiger partial charge in [0.15, 0.2) is 0 Å². The molecule has 0 radical (unpaired) electrons. The van der Waals surface area contributed by atoms with Gasteiger partial charge < -0.3 is 5.11 Å². The summed E-state index contributed by atoms with van der Waals surface area (Å²) in [7, 11) is 0. The van der Waals surface area contributed by atoms with Gasteiger partial charge in [0.05, 0.1) is 0 Å². The van der Waals surface area contributed by atoms with E-state index >= 15 is 0 Å². The second-order valence-corrected chi connectivity index (χ2v) is 1.34. The van der Waals surface area contributed by atoms with Gasteiger partial charge in [-0.3, -0.25) is 5.10 Å². The molecule has 0 aliphatic carbocycles. The van der Waals surface area contributed by atoms with Crippen LogP contribution >= 0.6 is 11.6 Å². The minimum absolute atomic E-state index is 1.36. The van der Waals surface area contributed by atoms with Gasteiger partial charge in [0.2, 0.25) is 0 Å². The molecule has 4 nitrogen and oxygen atoms in total. The summed E-state index contributed by atoms with van der Waals surface area (Å²) in [6.07, 6.45) is 3.46. The molecule has 0 aliphatic rings. The maximum atomic E-state index is 8.77. The standard InChI is InChI=1S/C3H4N2.CHClO2/c1-2-4-5-3-1;2-1(3)4/h1-3H,(H,4,5);(H,3,4). The summed E-state index contributed by atoms with van der Waals surface area (Å²) in [6.45, 7) is 0. The second kappa shape index (κ2) is 5.11. The van der Waals surface area contributed by atoms with E-state index < -0.39 is 5.43 Å². The number of H-pyrrole nitrogens is 1.